The largest absolute Gasteiger partial charge is 0.497 e. The van der Waals surface area contributed by atoms with Gasteiger partial charge in [0.05, 0.1) is 12.8 Å². The fourth-order valence-electron chi connectivity index (χ4n) is 2.77. The van der Waals surface area contributed by atoms with Crippen LogP contribution in [0.25, 0.3) is 5.69 Å². The molecule has 0 radical (unpaired) electrons. The average Bonchev–Trinajstić information content (AvgIpc) is 3.26. The molecular weight excluding hydrogens is 328 g/mol. The summed E-state index contributed by atoms with van der Waals surface area (Å²) in [5.41, 5.74) is 1.33. The van der Waals surface area contributed by atoms with Crippen molar-refractivity contribution in [2.24, 2.45) is 5.92 Å². The van der Waals surface area contributed by atoms with E-state index in [9.17, 15) is 4.79 Å². The summed E-state index contributed by atoms with van der Waals surface area (Å²) in [7, 11) is 1.63. The number of carbonyl (C=O) groups excluding carboxylic acids is 1. The zero-order valence-electron chi connectivity index (χ0n) is 13.7. The van der Waals surface area contributed by atoms with Crippen LogP contribution in [0.2, 0.25) is 0 Å². The molecule has 0 spiro atoms. The van der Waals surface area contributed by atoms with Crippen molar-refractivity contribution in [3.63, 3.8) is 0 Å². The molecule has 0 aliphatic carbocycles. The van der Waals surface area contributed by atoms with Crippen LogP contribution in [0.15, 0.2) is 36.5 Å². The van der Waals surface area contributed by atoms with E-state index in [4.69, 9.17) is 4.74 Å². The standard InChI is InChI=1S/C17H22N4O2.ClH/c1-23-15-4-2-14(3-5-15)21-11-8-16(20-21)17(22)19-10-7-13-6-9-18-12-13;/h2-5,8,11,13,18H,6-7,9-10,12H2,1H3,(H,19,22);1H. The lowest BCUT2D eigenvalue weighted by atomic mass is 10.1. The van der Waals surface area contributed by atoms with Crippen LogP contribution in [0.4, 0.5) is 0 Å². The molecule has 0 bridgehead atoms. The van der Waals surface area contributed by atoms with Crippen molar-refractivity contribution in [3.05, 3.63) is 42.2 Å². The Balaban J connectivity index is 0.00000208. The van der Waals surface area contributed by atoms with Crippen LogP contribution in [0, 0.1) is 5.92 Å². The Hall–Kier alpha value is -2.05. The van der Waals surface area contributed by atoms with E-state index in [1.54, 1.807) is 24.1 Å². The first-order valence-corrected chi connectivity index (χ1v) is 7.95. The van der Waals surface area contributed by atoms with Gasteiger partial charge >= 0.3 is 0 Å². The van der Waals surface area contributed by atoms with Crippen molar-refractivity contribution in [2.75, 3.05) is 26.7 Å². The first-order valence-electron chi connectivity index (χ1n) is 7.95. The lowest BCUT2D eigenvalue weighted by Gasteiger charge is -2.08. The number of nitrogens with zero attached hydrogens (tertiary/aromatic N) is 2. The van der Waals surface area contributed by atoms with Crippen LogP contribution in [-0.2, 0) is 0 Å². The molecule has 24 heavy (non-hydrogen) atoms. The number of hydrogen-bond donors (Lipinski definition) is 2. The van der Waals surface area contributed by atoms with Crippen molar-refractivity contribution in [1.82, 2.24) is 20.4 Å². The lowest BCUT2D eigenvalue weighted by molar-refractivity contribution is 0.0946. The molecule has 2 heterocycles. The van der Waals surface area contributed by atoms with Gasteiger partial charge in [-0.1, -0.05) is 0 Å². The van der Waals surface area contributed by atoms with E-state index in [1.807, 2.05) is 24.3 Å². The normalized spacial score (nSPS) is 16.5. The molecule has 7 heteroatoms. The molecule has 1 aliphatic rings. The topological polar surface area (TPSA) is 68.2 Å². The summed E-state index contributed by atoms with van der Waals surface area (Å²) < 4.78 is 6.83. The van der Waals surface area contributed by atoms with Gasteiger partial charge in [0.15, 0.2) is 5.69 Å². The molecule has 2 aromatic rings. The van der Waals surface area contributed by atoms with E-state index in [-0.39, 0.29) is 18.3 Å². The number of amides is 1. The third-order valence-electron chi connectivity index (χ3n) is 4.16. The van der Waals surface area contributed by atoms with Gasteiger partial charge in [0, 0.05) is 12.7 Å². The minimum atomic E-state index is -0.122. The van der Waals surface area contributed by atoms with Crippen LogP contribution in [-0.4, -0.2) is 42.4 Å². The molecule has 1 aromatic heterocycles. The zero-order valence-corrected chi connectivity index (χ0v) is 14.5. The maximum Gasteiger partial charge on any atom is 0.271 e. The van der Waals surface area contributed by atoms with Crippen LogP contribution >= 0.6 is 12.4 Å². The summed E-state index contributed by atoms with van der Waals surface area (Å²) in [5, 5.41) is 10.6. The van der Waals surface area contributed by atoms with E-state index in [0.29, 0.717) is 18.2 Å². The highest BCUT2D eigenvalue weighted by atomic mass is 35.5. The Morgan fingerprint density at radius 2 is 2.17 bits per heavy atom. The summed E-state index contributed by atoms with van der Waals surface area (Å²) in [5.74, 6) is 1.34. The van der Waals surface area contributed by atoms with E-state index in [0.717, 1.165) is 30.9 Å². The number of carbonyl (C=O) groups is 1. The first-order chi connectivity index (χ1) is 11.3. The summed E-state index contributed by atoms with van der Waals surface area (Å²) in [6.07, 6.45) is 4.00. The third kappa shape index (κ3) is 4.49. The molecule has 3 rings (SSSR count). The van der Waals surface area contributed by atoms with Gasteiger partial charge in [-0.2, -0.15) is 5.10 Å². The zero-order chi connectivity index (χ0) is 16.1. The molecule has 2 N–H and O–H groups in total. The second-order valence-corrected chi connectivity index (χ2v) is 5.75. The van der Waals surface area contributed by atoms with Crippen molar-refractivity contribution >= 4 is 18.3 Å². The smallest absolute Gasteiger partial charge is 0.271 e. The monoisotopic (exact) mass is 350 g/mol. The van der Waals surface area contributed by atoms with Crippen molar-refractivity contribution in [3.8, 4) is 11.4 Å². The second-order valence-electron chi connectivity index (χ2n) is 5.75. The minimum Gasteiger partial charge on any atom is -0.497 e. The minimum absolute atomic E-state index is 0. The highest BCUT2D eigenvalue weighted by molar-refractivity contribution is 5.92. The maximum absolute atomic E-state index is 12.1. The van der Waals surface area contributed by atoms with Crippen LogP contribution < -0.4 is 15.4 Å². The molecule has 0 saturated carbocycles. The second kappa shape index (κ2) is 8.70. The lowest BCUT2D eigenvalue weighted by Crippen LogP contribution is -2.26. The SMILES string of the molecule is COc1ccc(-n2ccc(C(=O)NCCC3CCNC3)n2)cc1.Cl. The van der Waals surface area contributed by atoms with Crippen LogP contribution in [0.1, 0.15) is 23.3 Å². The summed E-state index contributed by atoms with van der Waals surface area (Å²) >= 11 is 0. The number of nitrogens with one attached hydrogen (secondary N) is 2. The van der Waals surface area contributed by atoms with Gasteiger partial charge in [-0.3, -0.25) is 4.79 Å². The number of ether oxygens (including phenoxy) is 1. The average molecular weight is 351 g/mol. The molecule has 1 fully saturated rings. The number of aromatic nitrogens is 2. The summed E-state index contributed by atoms with van der Waals surface area (Å²) in [4.78, 5) is 12.1. The first kappa shape index (κ1) is 18.3. The number of halogens is 1. The number of rotatable bonds is 6. The van der Waals surface area contributed by atoms with Gasteiger partial charge in [0.2, 0.25) is 0 Å². The van der Waals surface area contributed by atoms with Crippen molar-refractivity contribution < 1.29 is 9.53 Å². The van der Waals surface area contributed by atoms with Crippen molar-refractivity contribution in [1.29, 1.82) is 0 Å². The van der Waals surface area contributed by atoms with Gasteiger partial charge in [-0.15, -0.1) is 12.4 Å². The Labute approximate surface area is 148 Å². The molecule has 1 aliphatic heterocycles. The molecule has 6 nitrogen and oxygen atoms in total. The summed E-state index contributed by atoms with van der Waals surface area (Å²) in [6.45, 7) is 2.84. The number of benzene rings is 1. The van der Waals surface area contributed by atoms with E-state index < -0.39 is 0 Å². The third-order valence-corrected chi connectivity index (χ3v) is 4.16. The number of hydrogen-bond acceptors (Lipinski definition) is 4. The molecular formula is C17H23ClN4O2. The number of methoxy groups -OCH3 is 1. The predicted octanol–water partition coefficient (Wildman–Crippen LogP) is 2.03. The van der Waals surface area contributed by atoms with Crippen LogP contribution in [0.5, 0.6) is 5.75 Å². The van der Waals surface area contributed by atoms with Gasteiger partial charge in [0.1, 0.15) is 5.75 Å². The highest BCUT2D eigenvalue weighted by Crippen LogP contribution is 2.15. The van der Waals surface area contributed by atoms with Gasteiger partial charge in [0.25, 0.3) is 5.91 Å². The molecule has 1 saturated heterocycles. The molecule has 1 atom stereocenters. The Bertz CT molecular complexity index is 651. The molecule has 1 unspecified atom stereocenters. The van der Waals surface area contributed by atoms with E-state index in [1.165, 1.54) is 6.42 Å². The molecule has 1 aromatic carbocycles. The Kier molecular flexibility index (Phi) is 6.63. The quantitative estimate of drug-likeness (QED) is 0.836. The highest BCUT2D eigenvalue weighted by Gasteiger charge is 2.15. The van der Waals surface area contributed by atoms with Crippen molar-refractivity contribution in [2.45, 2.75) is 12.8 Å². The van der Waals surface area contributed by atoms with Gasteiger partial charge in [-0.05, 0) is 62.2 Å². The fraction of sp³-hybridized carbons (Fsp3) is 0.412. The molecule has 1 amide bonds. The maximum atomic E-state index is 12.1. The predicted molar refractivity (Wildman–Crippen MR) is 95.3 cm³/mol. The van der Waals surface area contributed by atoms with E-state index in [2.05, 4.69) is 15.7 Å². The van der Waals surface area contributed by atoms with Crippen LogP contribution in [0.3, 0.4) is 0 Å². The van der Waals surface area contributed by atoms with Gasteiger partial charge < -0.3 is 15.4 Å². The summed E-state index contributed by atoms with van der Waals surface area (Å²) in [6, 6.07) is 9.27. The Morgan fingerprint density at radius 3 is 2.83 bits per heavy atom. The molecule has 130 valence electrons. The van der Waals surface area contributed by atoms with E-state index >= 15 is 0 Å². The van der Waals surface area contributed by atoms with Gasteiger partial charge in [-0.25, -0.2) is 4.68 Å². The Morgan fingerprint density at radius 1 is 1.38 bits per heavy atom. The fourth-order valence-corrected chi connectivity index (χ4v) is 2.77.